The van der Waals surface area contributed by atoms with Gasteiger partial charge in [0.1, 0.15) is 10.8 Å². The minimum Gasteiger partial charge on any atom is -0.454 e. The maximum absolute atomic E-state index is 13.2. The number of hydrogen-bond donors (Lipinski definition) is 1. The summed E-state index contributed by atoms with van der Waals surface area (Å²) in [5.41, 5.74) is 2.98. The first-order valence-corrected chi connectivity index (χ1v) is 11.1. The molecule has 0 saturated heterocycles. The lowest BCUT2D eigenvalue weighted by atomic mass is 10.2. The zero-order valence-electron chi connectivity index (χ0n) is 17.1. The van der Waals surface area contributed by atoms with Crippen molar-refractivity contribution in [3.8, 4) is 11.5 Å². The molecule has 0 atom stereocenters. The van der Waals surface area contributed by atoms with Gasteiger partial charge in [-0.3, -0.25) is 4.79 Å². The van der Waals surface area contributed by atoms with Gasteiger partial charge in [0.25, 0.3) is 0 Å². The van der Waals surface area contributed by atoms with Gasteiger partial charge in [0.15, 0.2) is 11.5 Å². The average molecular weight is 450 g/mol. The fourth-order valence-corrected chi connectivity index (χ4v) is 4.41. The van der Waals surface area contributed by atoms with Crippen molar-refractivity contribution in [3.63, 3.8) is 0 Å². The number of thioether (sulfide) groups is 1. The van der Waals surface area contributed by atoms with Crippen molar-refractivity contribution in [2.45, 2.75) is 18.1 Å². The highest BCUT2D eigenvalue weighted by Gasteiger charge is 2.14. The summed E-state index contributed by atoms with van der Waals surface area (Å²) < 4.78 is 25.9. The second-order valence-electron chi connectivity index (χ2n) is 7.37. The molecule has 0 aliphatic carbocycles. The molecule has 0 saturated carbocycles. The maximum Gasteiger partial charge on any atom is 0.231 e. The van der Waals surface area contributed by atoms with Crippen LogP contribution in [0.5, 0.6) is 11.5 Å². The molecule has 32 heavy (non-hydrogen) atoms. The van der Waals surface area contributed by atoms with E-state index in [0.717, 1.165) is 32.8 Å². The number of carbonyl (C=O) groups is 1. The van der Waals surface area contributed by atoms with E-state index in [9.17, 15) is 9.18 Å². The molecule has 1 amide bonds. The molecule has 1 N–H and O–H groups in total. The molecular weight excluding hydrogens is 429 g/mol. The highest BCUT2D eigenvalue weighted by molar-refractivity contribution is 8.00. The van der Waals surface area contributed by atoms with Gasteiger partial charge in [-0.25, -0.2) is 9.37 Å². The van der Waals surface area contributed by atoms with Crippen LogP contribution in [0.1, 0.15) is 11.1 Å². The number of fused-ring (bicyclic) bond motifs is 2. The van der Waals surface area contributed by atoms with Crippen molar-refractivity contribution in [1.29, 1.82) is 0 Å². The smallest absolute Gasteiger partial charge is 0.231 e. The van der Waals surface area contributed by atoms with Crippen molar-refractivity contribution in [2.75, 3.05) is 12.5 Å². The van der Waals surface area contributed by atoms with Crippen molar-refractivity contribution >= 4 is 28.6 Å². The third-order valence-electron chi connectivity index (χ3n) is 5.19. The summed E-state index contributed by atoms with van der Waals surface area (Å²) in [5.74, 6) is 1.37. The van der Waals surface area contributed by atoms with Gasteiger partial charge in [-0.05, 0) is 47.5 Å². The third kappa shape index (κ3) is 4.40. The predicted octanol–water partition coefficient (Wildman–Crippen LogP) is 4.36. The van der Waals surface area contributed by atoms with E-state index in [0.29, 0.717) is 18.8 Å². The third-order valence-corrected chi connectivity index (χ3v) is 6.20. The van der Waals surface area contributed by atoms with Crippen LogP contribution in [0.2, 0.25) is 0 Å². The van der Waals surface area contributed by atoms with Crippen molar-refractivity contribution in [3.05, 3.63) is 83.9 Å². The Morgan fingerprint density at radius 3 is 2.75 bits per heavy atom. The van der Waals surface area contributed by atoms with Gasteiger partial charge in [0.2, 0.25) is 12.7 Å². The minimum absolute atomic E-state index is 0.0720. The Balaban J connectivity index is 1.21. The van der Waals surface area contributed by atoms with Crippen LogP contribution in [-0.2, 0) is 17.9 Å². The maximum atomic E-state index is 13.2. The highest BCUT2D eigenvalue weighted by Crippen LogP contribution is 2.32. The van der Waals surface area contributed by atoms with E-state index in [1.165, 1.54) is 23.9 Å². The van der Waals surface area contributed by atoms with E-state index < -0.39 is 0 Å². The standard InChI is InChI=1S/C24H20FN3O3S/c25-18-4-1-16(2-5-18)13-28-10-8-19-20(28)7-9-26-24(19)32-14-23(29)27-12-17-3-6-21-22(11-17)31-15-30-21/h1-11H,12-15H2,(H,27,29). The van der Waals surface area contributed by atoms with Crippen LogP contribution in [0.25, 0.3) is 10.9 Å². The number of pyridine rings is 1. The van der Waals surface area contributed by atoms with E-state index >= 15 is 0 Å². The van der Waals surface area contributed by atoms with Gasteiger partial charge in [0, 0.05) is 30.9 Å². The molecule has 2 aromatic carbocycles. The molecule has 1 aliphatic rings. The molecule has 5 rings (SSSR count). The minimum atomic E-state index is -0.245. The zero-order chi connectivity index (χ0) is 21.9. The number of rotatable bonds is 7. The number of aromatic nitrogens is 2. The monoisotopic (exact) mass is 449 g/mol. The molecule has 162 valence electrons. The van der Waals surface area contributed by atoms with Crippen molar-refractivity contribution < 1.29 is 18.7 Å². The van der Waals surface area contributed by atoms with Crippen LogP contribution in [0.4, 0.5) is 4.39 Å². The lowest BCUT2D eigenvalue weighted by Gasteiger charge is -2.08. The number of hydrogen-bond acceptors (Lipinski definition) is 5. The van der Waals surface area contributed by atoms with E-state index in [1.807, 2.05) is 36.5 Å². The summed E-state index contributed by atoms with van der Waals surface area (Å²) >= 11 is 1.40. The molecular formula is C24H20FN3O3S. The summed E-state index contributed by atoms with van der Waals surface area (Å²) in [5, 5.41) is 4.72. The first-order chi connectivity index (χ1) is 15.7. The largest absolute Gasteiger partial charge is 0.454 e. The van der Waals surface area contributed by atoms with Gasteiger partial charge in [0.05, 0.1) is 11.3 Å². The fourth-order valence-electron chi connectivity index (χ4n) is 3.57. The van der Waals surface area contributed by atoms with E-state index in [1.54, 1.807) is 18.3 Å². The molecule has 1 aliphatic heterocycles. The Kier molecular flexibility index (Phi) is 5.68. The molecule has 0 bridgehead atoms. The summed E-state index contributed by atoms with van der Waals surface area (Å²) in [4.78, 5) is 16.8. The number of nitrogens with one attached hydrogen (secondary N) is 1. The Labute approximate surface area is 188 Å². The summed E-state index contributed by atoms with van der Waals surface area (Å²) in [6.45, 7) is 1.28. The van der Waals surface area contributed by atoms with Crippen LogP contribution >= 0.6 is 11.8 Å². The molecule has 0 spiro atoms. The molecule has 4 aromatic rings. The van der Waals surface area contributed by atoms with E-state index in [4.69, 9.17) is 9.47 Å². The highest BCUT2D eigenvalue weighted by atomic mass is 32.2. The average Bonchev–Trinajstić information content (AvgIpc) is 3.45. The second-order valence-corrected chi connectivity index (χ2v) is 8.34. The number of halogens is 1. The Morgan fingerprint density at radius 2 is 1.88 bits per heavy atom. The topological polar surface area (TPSA) is 65.4 Å². The number of nitrogens with zero attached hydrogens (tertiary/aromatic N) is 2. The first-order valence-electron chi connectivity index (χ1n) is 10.1. The molecule has 0 fully saturated rings. The normalized spacial score (nSPS) is 12.3. The molecule has 0 radical (unpaired) electrons. The van der Waals surface area contributed by atoms with Crippen LogP contribution in [-0.4, -0.2) is 28.0 Å². The molecule has 2 aromatic heterocycles. The van der Waals surface area contributed by atoms with Gasteiger partial charge in [-0.1, -0.05) is 30.0 Å². The molecule has 0 unspecified atom stereocenters. The summed E-state index contributed by atoms with van der Waals surface area (Å²) in [6.07, 6.45) is 3.73. The first kappa shape index (κ1) is 20.4. The van der Waals surface area contributed by atoms with Crippen LogP contribution in [0, 0.1) is 5.82 Å². The Bertz CT molecular complexity index is 1270. The van der Waals surface area contributed by atoms with Crippen LogP contribution in [0.15, 0.2) is 72.0 Å². The SMILES string of the molecule is O=C(CSc1nccc2c1ccn2Cc1ccc(F)cc1)NCc1ccc2c(c1)OCO2. The number of carbonyl (C=O) groups excluding carboxylic acids is 1. The number of ether oxygens (including phenoxy) is 2. The number of amides is 1. The quantitative estimate of drug-likeness (QED) is 0.425. The summed E-state index contributed by atoms with van der Waals surface area (Å²) in [6, 6.07) is 16.1. The lowest BCUT2D eigenvalue weighted by Crippen LogP contribution is -2.24. The van der Waals surface area contributed by atoms with Gasteiger partial charge >= 0.3 is 0 Å². The van der Waals surface area contributed by atoms with Crippen molar-refractivity contribution in [2.24, 2.45) is 0 Å². The molecule has 6 nitrogen and oxygen atoms in total. The Hall–Kier alpha value is -3.52. The number of benzene rings is 2. The molecule has 8 heteroatoms. The van der Waals surface area contributed by atoms with Gasteiger partial charge in [-0.15, -0.1) is 0 Å². The molecule has 3 heterocycles. The van der Waals surface area contributed by atoms with Gasteiger partial charge in [-0.2, -0.15) is 0 Å². The zero-order valence-corrected chi connectivity index (χ0v) is 17.9. The van der Waals surface area contributed by atoms with Crippen LogP contribution < -0.4 is 14.8 Å². The lowest BCUT2D eigenvalue weighted by molar-refractivity contribution is -0.118. The fraction of sp³-hybridized carbons (Fsp3) is 0.167. The van der Waals surface area contributed by atoms with E-state index in [2.05, 4.69) is 14.9 Å². The summed E-state index contributed by atoms with van der Waals surface area (Å²) in [7, 11) is 0. The van der Waals surface area contributed by atoms with Gasteiger partial charge < -0.3 is 19.4 Å². The predicted molar refractivity (Wildman–Crippen MR) is 120 cm³/mol. The second kappa shape index (κ2) is 8.92. The van der Waals surface area contributed by atoms with Crippen LogP contribution in [0.3, 0.4) is 0 Å². The van der Waals surface area contributed by atoms with Crippen molar-refractivity contribution in [1.82, 2.24) is 14.9 Å². The van der Waals surface area contributed by atoms with E-state index in [-0.39, 0.29) is 24.3 Å². The Morgan fingerprint density at radius 1 is 1.06 bits per heavy atom.